The highest BCUT2D eigenvalue weighted by Gasteiger charge is 2.29. The minimum absolute atomic E-state index is 0.00499. The van der Waals surface area contributed by atoms with E-state index < -0.39 is 0 Å². The van der Waals surface area contributed by atoms with E-state index in [4.69, 9.17) is 32.9 Å². The summed E-state index contributed by atoms with van der Waals surface area (Å²) >= 11 is 12.6. The van der Waals surface area contributed by atoms with Crippen LogP contribution in [0.5, 0.6) is 0 Å². The zero-order valence-electron chi connectivity index (χ0n) is 18.7. The quantitative estimate of drug-likeness (QED) is 0.273. The smallest absolute Gasteiger partial charge is 0.339 e. The Kier molecular flexibility index (Phi) is 6.40. The van der Waals surface area contributed by atoms with E-state index in [2.05, 4.69) is 25.1 Å². The Labute approximate surface area is 209 Å². The molecule has 4 aromatic rings. The minimum Gasteiger partial charge on any atom is -0.457 e. The van der Waals surface area contributed by atoms with Crippen molar-refractivity contribution in [1.82, 2.24) is 4.98 Å². The Hall–Kier alpha value is -3.14. The van der Waals surface area contributed by atoms with Crippen molar-refractivity contribution in [3.8, 4) is 0 Å². The molecule has 0 N–H and O–H groups in total. The van der Waals surface area contributed by atoms with Gasteiger partial charge >= 0.3 is 5.97 Å². The van der Waals surface area contributed by atoms with Crippen molar-refractivity contribution in [3.63, 3.8) is 0 Å². The van der Waals surface area contributed by atoms with E-state index in [1.54, 1.807) is 18.2 Å². The normalized spacial score (nSPS) is 16.4. The average Bonchev–Trinajstić information content (AvgIpc) is 2.83. The van der Waals surface area contributed by atoms with Crippen LogP contribution in [0.4, 0.5) is 0 Å². The number of esters is 1. The fraction of sp³-hybridized carbons (Fsp3) is 0.172. The maximum absolute atomic E-state index is 13.5. The highest BCUT2D eigenvalue weighted by atomic mass is 35.5. The van der Waals surface area contributed by atoms with Crippen molar-refractivity contribution in [2.75, 3.05) is 0 Å². The van der Waals surface area contributed by atoms with Crippen LogP contribution in [0.1, 0.15) is 46.1 Å². The molecule has 1 heterocycles. The number of carbonyl (C=O) groups excluding carboxylic acids is 1. The molecule has 0 saturated carbocycles. The van der Waals surface area contributed by atoms with Crippen LogP contribution in [0.25, 0.3) is 22.6 Å². The van der Waals surface area contributed by atoms with Crippen LogP contribution in [-0.2, 0) is 17.8 Å². The van der Waals surface area contributed by atoms with Gasteiger partial charge in [-0.1, -0.05) is 84.7 Å². The standard InChI is InChI=1S/C29H23Cl2NO2/c1-18-14-20(16-19-8-3-2-4-9-19)28-22(15-18)27(21-10-5-6-13-26(21)32-28)29(33)34-17-23-24(30)11-7-12-25(23)31/h2-13,16,18H,14-15,17H2,1H3. The first kappa shape index (κ1) is 22.6. The molecule has 0 aliphatic heterocycles. The summed E-state index contributed by atoms with van der Waals surface area (Å²) in [5.41, 5.74) is 6.02. The first-order valence-electron chi connectivity index (χ1n) is 11.3. The summed E-state index contributed by atoms with van der Waals surface area (Å²) in [5.74, 6) is -0.0195. The van der Waals surface area contributed by atoms with Crippen molar-refractivity contribution in [3.05, 3.63) is 111 Å². The molecule has 0 bridgehead atoms. The molecule has 3 nitrogen and oxygen atoms in total. The molecule has 0 amide bonds. The van der Waals surface area contributed by atoms with Gasteiger partial charge in [0, 0.05) is 21.0 Å². The molecule has 1 aliphatic rings. The van der Waals surface area contributed by atoms with Gasteiger partial charge < -0.3 is 4.74 Å². The minimum atomic E-state index is -0.390. The molecular formula is C29H23Cl2NO2. The lowest BCUT2D eigenvalue weighted by Crippen LogP contribution is -2.19. The molecule has 34 heavy (non-hydrogen) atoms. The van der Waals surface area contributed by atoms with E-state index in [9.17, 15) is 4.79 Å². The summed E-state index contributed by atoms with van der Waals surface area (Å²) in [6.45, 7) is 2.21. The average molecular weight is 488 g/mol. The second-order valence-corrected chi connectivity index (χ2v) is 9.52. The third-order valence-corrected chi connectivity index (χ3v) is 6.88. The van der Waals surface area contributed by atoms with Crippen LogP contribution in [0.2, 0.25) is 10.0 Å². The van der Waals surface area contributed by atoms with Gasteiger partial charge in [0.1, 0.15) is 6.61 Å². The fourth-order valence-corrected chi connectivity index (χ4v) is 5.11. The van der Waals surface area contributed by atoms with E-state index in [1.807, 2.05) is 42.5 Å². The molecule has 1 unspecified atom stereocenters. The number of pyridine rings is 1. The monoisotopic (exact) mass is 487 g/mol. The van der Waals surface area contributed by atoms with Gasteiger partial charge in [-0.15, -0.1) is 0 Å². The SMILES string of the molecule is CC1CC(=Cc2ccccc2)c2nc3ccccc3c(C(=O)OCc3c(Cl)cccc3Cl)c2C1. The first-order chi connectivity index (χ1) is 16.5. The van der Waals surface area contributed by atoms with Gasteiger partial charge in [-0.25, -0.2) is 9.78 Å². The summed E-state index contributed by atoms with van der Waals surface area (Å²) in [6, 6.07) is 23.2. The number of nitrogens with zero attached hydrogens (tertiary/aromatic N) is 1. The first-order valence-corrected chi connectivity index (χ1v) is 12.0. The predicted octanol–water partition coefficient (Wildman–Crippen LogP) is 8.02. The van der Waals surface area contributed by atoms with Crippen molar-refractivity contribution < 1.29 is 9.53 Å². The number of aromatic nitrogens is 1. The van der Waals surface area contributed by atoms with E-state index in [0.717, 1.165) is 46.1 Å². The second kappa shape index (κ2) is 9.61. The van der Waals surface area contributed by atoms with Crippen LogP contribution < -0.4 is 0 Å². The number of benzene rings is 3. The van der Waals surface area contributed by atoms with Crippen molar-refractivity contribution in [2.45, 2.75) is 26.4 Å². The number of halogens is 2. The molecule has 0 fully saturated rings. The lowest BCUT2D eigenvalue weighted by Gasteiger charge is -2.26. The largest absolute Gasteiger partial charge is 0.457 e. The molecule has 0 radical (unpaired) electrons. The van der Waals surface area contributed by atoms with Gasteiger partial charge in [-0.3, -0.25) is 0 Å². The van der Waals surface area contributed by atoms with Crippen LogP contribution in [0.15, 0.2) is 72.8 Å². The number of allylic oxidation sites excluding steroid dienone is 1. The Bertz CT molecular complexity index is 1390. The topological polar surface area (TPSA) is 39.2 Å². The number of carbonyl (C=O) groups is 1. The number of hydrogen-bond donors (Lipinski definition) is 0. The van der Waals surface area contributed by atoms with Gasteiger partial charge in [-0.05, 0) is 59.7 Å². The molecule has 5 rings (SSSR count). The summed E-state index contributed by atoms with van der Waals surface area (Å²) in [5, 5.41) is 1.75. The van der Waals surface area contributed by atoms with Gasteiger partial charge in [0.15, 0.2) is 0 Å². The van der Waals surface area contributed by atoms with E-state index >= 15 is 0 Å². The molecule has 0 saturated heterocycles. The lowest BCUT2D eigenvalue weighted by molar-refractivity contribution is 0.0473. The van der Waals surface area contributed by atoms with Gasteiger partial charge in [-0.2, -0.15) is 0 Å². The molecule has 0 spiro atoms. The van der Waals surface area contributed by atoms with Gasteiger partial charge in [0.25, 0.3) is 0 Å². The maximum atomic E-state index is 13.5. The van der Waals surface area contributed by atoms with Gasteiger partial charge in [0.2, 0.25) is 0 Å². The maximum Gasteiger partial charge on any atom is 0.339 e. The molecule has 170 valence electrons. The van der Waals surface area contributed by atoms with E-state index in [-0.39, 0.29) is 12.6 Å². The number of para-hydroxylation sites is 1. The molecule has 5 heteroatoms. The third-order valence-electron chi connectivity index (χ3n) is 6.17. The Morgan fingerprint density at radius 2 is 1.68 bits per heavy atom. The third kappa shape index (κ3) is 4.46. The Morgan fingerprint density at radius 3 is 2.44 bits per heavy atom. The molecule has 1 atom stereocenters. The summed E-state index contributed by atoms with van der Waals surface area (Å²) in [6.07, 6.45) is 3.84. The van der Waals surface area contributed by atoms with Crippen LogP contribution in [0.3, 0.4) is 0 Å². The zero-order valence-corrected chi connectivity index (χ0v) is 20.2. The van der Waals surface area contributed by atoms with E-state index in [1.165, 1.54) is 0 Å². The number of hydrogen-bond acceptors (Lipinski definition) is 3. The molecule has 1 aromatic heterocycles. The van der Waals surface area contributed by atoms with Gasteiger partial charge in [0.05, 0.1) is 16.8 Å². The summed E-state index contributed by atoms with van der Waals surface area (Å²) < 4.78 is 5.78. The van der Waals surface area contributed by atoms with Crippen molar-refractivity contribution in [1.29, 1.82) is 0 Å². The zero-order chi connectivity index (χ0) is 23.7. The fourth-order valence-electron chi connectivity index (χ4n) is 4.60. The number of rotatable bonds is 4. The van der Waals surface area contributed by atoms with Crippen molar-refractivity contribution >= 4 is 51.7 Å². The second-order valence-electron chi connectivity index (χ2n) is 8.70. The number of ether oxygens (including phenoxy) is 1. The number of fused-ring (bicyclic) bond motifs is 2. The Morgan fingerprint density at radius 1 is 0.971 bits per heavy atom. The van der Waals surface area contributed by atoms with Crippen LogP contribution >= 0.6 is 23.2 Å². The summed E-state index contributed by atoms with van der Waals surface area (Å²) in [7, 11) is 0. The highest BCUT2D eigenvalue weighted by Crippen LogP contribution is 2.39. The molecule has 1 aliphatic carbocycles. The van der Waals surface area contributed by atoms with Crippen LogP contribution in [0, 0.1) is 5.92 Å². The lowest BCUT2D eigenvalue weighted by atomic mass is 9.80. The highest BCUT2D eigenvalue weighted by molar-refractivity contribution is 6.36. The summed E-state index contributed by atoms with van der Waals surface area (Å²) in [4.78, 5) is 18.5. The molecule has 3 aromatic carbocycles. The van der Waals surface area contributed by atoms with Crippen molar-refractivity contribution in [2.24, 2.45) is 5.92 Å². The predicted molar refractivity (Wildman–Crippen MR) is 139 cm³/mol. The van der Waals surface area contributed by atoms with E-state index in [0.29, 0.717) is 27.1 Å². The Balaban J connectivity index is 1.61. The van der Waals surface area contributed by atoms with Crippen LogP contribution in [-0.4, -0.2) is 11.0 Å². The molecular weight excluding hydrogens is 465 g/mol.